The molecule has 1 aromatic carbocycles. The summed E-state index contributed by atoms with van der Waals surface area (Å²) in [6.07, 6.45) is 0. The normalized spacial score (nSPS) is 19.8. The molecule has 90 valence electrons. The second kappa shape index (κ2) is 4.87. The van der Waals surface area contributed by atoms with Crippen LogP contribution in [0.2, 0.25) is 0 Å². The molecule has 0 saturated carbocycles. The van der Waals surface area contributed by atoms with Gasteiger partial charge in [-0.05, 0) is 25.5 Å². The molecule has 17 heavy (non-hydrogen) atoms. The first-order chi connectivity index (χ1) is 8.11. The lowest BCUT2D eigenvalue weighted by Gasteiger charge is -2.38. The van der Waals surface area contributed by atoms with Crippen LogP contribution in [-0.2, 0) is 11.3 Å². The van der Waals surface area contributed by atoms with Crippen molar-refractivity contribution in [3.63, 3.8) is 0 Å². The number of benzene rings is 1. The van der Waals surface area contributed by atoms with E-state index in [-0.39, 0.29) is 5.60 Å². The van der Waals surface area contributed by atoms with Gasteiger partial charge in [-0.15, -0.1) is 0 Å². The van der Waals surface area contributed by atoms with E-state index in [2.05, 4.69) is 24.8 Å². The minimum Gasteiger partial charge on any atom is -0.373 e. The molecular weight excluding hydrogens is 212 g/mol. The van der Waals surface area contributed by atoms with E-state index in [0.29, 0.717) is 0 Å². The van der Waals surface area contributed by atoms with Gasteiger partial charge >= 0.3 is 0 Å². The molecule has 0 atom stereocenters. The van der Waals surface area contributed by atoms with Crippen LogP contribution in [0.1, 0.15) is 25.0 Å². The topological polar surface area (TPSA) is 36.3 Å². The highest BCUT2D eigenvalue weighted by atomic mass is 16.5. The lowest BCUT2D eigenvalue weighted by atomic mass is 10.0. The van der Waals surface area contributed by atoms with Crippen LogP contribution < -0.4 is 0 Å². The first kappa shape index (κ1) is 12.1. The molecule has 0 unspecified atom stereocenters. The molecule has 1 aliphatic rings. The first-order valence-electron chi connectivity index (χ1n) is 5.95. The predicted octanol–water partition coefficient (Wildman–Crippen LogP) is 2.17. The molecule has 1 aromatic rings. The lowest BCUT2D eigenvalue weighted by Crippen LogP contribution is -2.47. The summed E-state index contributed by atoms with van der Waals surface area (Å²) in [5, 5.41) is 9.06. The van der Waals surface area contributed by atoms with Crippen molar-refractivity contribution in [3.8, 4) is 6.07 Å². The van der Waals surface area contributed by atoms with Gasteiger partial charge in [-0.25, -0.2) is 0 Å². The van der Waals surface area contributed by atoms with Gasteiger partial charge in [-0.2, -0.15) is 5.26 Å². The Labute approximate surface area is 103 Å². The summed E-state index contributed by atoms with van der Waals surface area (Å²) >= 11 is 0. The van der Waals surface area contributed by atoms with Crippen molar-refractivity contribution in [2.75, 3.05) is 19.7 Å². The van der Waals surface area contributed by atoms with Crippen molar-refractivity contribution >= 4 is 0 Å². The Bertz CT molecular complexity index is 434. The fourth-order valence-corrected chi connectivity index (χ4v) is 2.26. The smallest absolute Gasteiger partial charge is 0.0995 e. The molecule has 1 saturated heterocycles. The van der Waals surface area contributed by atoms with Gasteiger partial charge < -0.3 is 4.74 Å². The molecule has 1 fully saturated rings. The zero-order valence-corrected chi connectivity index (χ0v) is 10.4. The number of morpholine rings is 1. The summed E-state index contributed by atoms with van der Waals surface area (Å²) < 4.78 is 5.68. The highest BCUT2D eigenvalue weighted by Gasteiger charge is 2.27. The second-order valence-electron chi connectivity index (χ2n) is 5.09. The number of rotatable bonds is 2. The van der Waals surface area contributed by atoms with Gasteiger partial charge in [0.2, 0.25) is 0 Å². The summed E-state index contributed by atoms with van der Waals surface area (Å²) in [7, 11) is 0. The van der Waals surface area contributed by atoms with Crippen molar-refractivity contribution in [3.05, 3.63) is 35.4 Å². The van der Waals surface area contributed by atoms with E-state index in [4.69, 9.17) is 10.00 Å². The van der Waals surface area contributed by atoms with Crippen molar-refractivity contribution in [1.29, 1.82) is 5.26 Å². The van der Waals surface area contributed by atoms with Crippen molar-refractivity contribution in [2.45, 2.75) is 26.0 Å². The molecule has 3 nitrogen and oxygen atoms in total. The predicted molar refractivity (Wildman–Crippen MR) is 66.5 cm³/mol. The molecular formula is C14H18N2O. The van der Waals surface area contributed by atoms with Crippen LogP contribution in [0.5, 0.6) is 0 Å². The van der Waals surface area contributed by atoms with E-state index in [9.17, 15) is 0 Å². The van der Waals surface area contributed by atoms with Gasteiger partial charge in [-0.1, -0.05) is 18.2 Å². The van der Waals surface area contributed by atoms with Crippen molar-refractivity contribution in [2.24, 2.45) is 0 Å². The van der Waals surface area contributed by atoms with Gasteiger partial charge in [0.25, 0.3) is 0 Å². The minimum absolute atomic E-state index is 0.0835. The highest BCUT2D eigenvalue weighted by molar-refractivity contribution is 5.37. The summed E-state index contributed by atoms with van der Waals surface area (Å²) in [4.78, 5) is 2.35. The van der Waals surface area contributed by atoms with Gasteiger partial charge in [-0.3, -0.25) is 4.90 Å². The molecule has 1 heterocycles. The van der Waals surface area contributed by atoms with Gasteiger partial charge in [0, 0.05) is 19.6 Å². The molecule has 1 aliphatic heterocycles. The maximum Gasteiger partial charge on any atom is 0.0995 e. The molecule has 0 aliphatic carbocycles. The molecule has 0 amide bonds. The van der Waals surface area contributed by atoms with E-state index in [1.165, 1.54) is 0 Å². The maximum absolute atomic E-state index is 9.06. The van der Waals surface area contributed by atoms with Crippen LogP contribution in [0.25, 0.3) is 0 Å². The summed E-state index contributed by atoms with van der Waals surface area (Å²) in [5.74, 6) is 0. The monoisotopic (exact) mass is 230 g/mol. The highest BCUT2D eigenvalue weighted by Crippen LogP contribution is 2.19. The Morgan fingerprint density at radius 2 is 2.18 bits per heavy atom. The first-order valence-corrected chi connectivity index (χ1v) is 5.95. The maximum atomic E-state index is 9.06. The summed E-state index contributed by atoms with van der Waals surface area (Å²) in [6.45, 7) is 7.65. The Balaban J connectivity index is 2.08. The second-order valence-corrected chi connectivity index (χ2v) is 5.09. The van der Waals surface area contributed by atoms with E-state index in [1.54, 1.807) is 0 Å². The standard InChI is InChI=1S/C14H18N2O/c1-14(2)11-16(7-8-17-14)10-13-6-4-3-5-12(13)9-15/h3-6H,7-8,10-11H2,1-2H3. The van der Waals surface area contributed by atoms with Crippen LogP contribution in [0, 0.1) is 11.3 Å². The molecule has 0 spiro atoms. The number of nitrogens with zero attached hydrogens (tertiary/aromatic N) is 2. The van der Waals surface area contributed by atoms with Crippen molar-refractivity contribution in [1.82, 2.24) is 4.90 Å². The van der Waals surface area contributed by atoms with E-state index in [0.717, 1.165) is 37.4 Å². The van der Waals surface area contributed by atoms with Gasteiger partial charge in [0.1, 0.15) is 0 Å². The molecule has 0 aromatic heterocycles. The third-order valence-electron chi connectivity index (χ3n) is 3.04. The van der Waals surface area contributed by atoms with Gasteiger partial charge in [0.05, 0.1) is 23.8 Å². The van der Waals surface area contributed by atoms with Crippen LogP contribution in [0.3, 0.4) is 0 Å². The number of hydrogen-bond acceptors (Lipinski definition) is 3. The van der Waals surface area contributed by atoms with Crippen LogP contribution in [0.15, 0.2) is 24.3 Å². The summed E-state index contributed by atoms with van der Waals surface area (Å²) in [5.41, 5.74) is 1.80. The van der Waals surface area contributed by atoms with Crippen molar-refractivity contribution < 1.29 is 4.74 Å². The molecule has 0 bridgehead atoms. The zero-order chi connectivity index (χ0) is 12.3. The number of hydrogen-bond donors (Lipinski definition) is 0. The average molecular weight is 230 g/mol. The third kappa shape index (κ3) is 3.06. The molecule has 2 rings (SSSR count). The Morgan fingerprint density at radius 3 is 2.88 bits per heavy atom. The third-order valence-corrected chi connectivity index (χ3v) is 3.04. The van der Waals surface area contributed by atoms with Crippen LogP contribution in [-0.4, -0.2) is 30.2 Å². The average Bonchev–Trinajstić information content (AvgIpc) is 2.28. The molecule has 0 N–H and O–H groups in total. The van der Waals surface area contributed by atoms with E-state index >= 15 is 0 Å². The van der Waals surface area contributed by atoms with Gasteiger partial charge in [0.15, 0.2) is 0 Å². The minimum atomic E-state index is -0.0835. The Morgan fingerprint density at radius 1 is 1.41 bits per heavy atom. The quantitative estimate of drug-likeness (QED) is 0.781. The molecule has 0 radical (unpaired) electrons. The Kier molecular flexibility index (Phi) is 3.46. The van der Waals surface area contributed by atoms with E-state index in [1.807, 2.05) is 24.3 Å². The number of nitriles is 1. The largest absolute Gasteiger partial charge is 0.373 e. The van der Waals surface area contributed by atoms with Crippen LogP contribution >= 0.6 is 0 Å². The molecule has 3 heteroatoms. The SMILES string of the molecule is CC1(C)CN(Cc2ccccc2C#N)CCO1. The number of ether oxygens (including phenoxy) is 1. The Hall–Kier alpha value is -1.37. The van der Waals surface area contributed by atoms with E-state index < -0.39 is 0 Å². The fourth-order valence-electron chi connectivity index (χ4n) is 2.26. The summed E-state index contributed by atoms with van der Waals surface area (Å²) in [6, 6.07) is 10.0. The fraction of sp³-hybridized carbons (Fsp3) is 0.500. The zero-order valence-electron chi connectivity index (χ0n) is 10.4. The van der Waals surface area contributed by atoms with Crippen LogP contribution in [0.4, 0.5) is 0 Å². The lowest BCUT2D eigenvalue weighted by molar-refractivity contribution is -0.0882.